The summed E-state index contributed by atoms with van der Waals surface area (Å²) in [5, 5.41) is 0.124. The quantitative estimate of drug-likeness (QED) is 0.255. The van der Waals surface area contributed by atoms with Crippen LogP contribution < -0.4 is 15.3 Å². The Hall–Kier alpha value is -3.75. The number of piperazine rings is 1. The van der Waals surface area contributed by atoms with Crippen LogP contribution in [-0.4, -0.2) is 73.3 Å². The van der Waals surface area contributed by atoms with E-state index in [2.05, 4.69) is 21.5 Å². The van der Waals surface area contributed by atoms with E-state index in [1.54, 1.807) is 15.9 Å². The first-order chi connectivity index (χ1) is 21.8. The van der Waals surface area contributed by atoms with E-state index in [1.807, 2.05) is 13.8 Å². The molecule has 4 heterocycles. The van der Waals surface area contributed by atoms with Gasteiger partial charge in [0.05, 0.1) is 17.6 Å². The van der Waals surface area contributed by atoms with Crippen LogP contribution >= 0.6 is 11.8 Å². The Kier molecular flexibility index (Phi) is 8.49. The molecule has 0 spiro atoms. The SMILES string of the molecule is C=CC(=O)N1[C@H](C)CN(c2nc(=O)n3c4c(c(C5CCC(F)(F)CC5)c(C(F)(F)F)cc24)SC[C@@H](Oc2ncccn2)C3)C[C@@H]1C. The summed E-state index contributed by atoms with van der Waals surface area (Å²) in [6, 6.07) is 1.97. The molecule has 2 aliphatic heterocycles. The van der Waals surface area contributed by atoms with E-state index in [4.69, 9.17) is 4.74 Å². The molecule has 1 saturated heterocycles. The summed E-state index contributed by atoms with van der Waals surface area (Å²) in [6.45, 7) is 7.59. The molecule has 1 aliphatic carbocycles. The minimum absolute atomic E-state index is 0.0389. The molecular formula is C31H33F5N6O3S. The summed E-state index contributed by atoms with van der Waals surface area (Å²) < 4.78 is 80.6. The number of rotatable bonds is 5. The fourth-order valence-electron chi connectivity index (χ4n) is 6.97. The van der Waals surface area contributed by atoms with Gasteiger partial charge in [0.15, 0.2) is 0 Å². The van der Waals surface area contributed by atoms with Gasteiger partial charge < -0.3 is 14.5 Å². The Morgan fingerprint density at radius 1 is 1.11 bits per heavy atom. The number of carbonyl (C=O) groups excluding carboxylic acids is 1. The monoisotopic (exact) mass is 664 g/mol. The lowest BCUT2D eigenvalue weighted by Crippen LogP contribution is -2.58. The number of hydrogen-bond acceptors (Lipinski definition) is 8. The molecule has 2 aromatic heterocycles. The van der Waals surface area contributed by atoms with E-state index < -0.39 is 48.2 Å². The molecule has 246 valence electrons. The van der Waals surface area contributed by atoms with Crippen molar-refractivity contribution in [3.8, 4) is 6.01 Å². The molecule has 3 aromatic rings. The van der Waals surface area contributed by atoms with Crippen LogP contribution in [0, 0.1) is 0 Å². The van der Waals surface area contributed by atoms with Crippen LogP contribution in [0.15, 0.2) is 46.9 Å². The van der Waals surface area contributed by atoms with Crippen LogP contribution in [0.4, 0.5) is 27.8 Å². The summed E-state index contributed by atoms with van der Waals surface area (Å²) in [4.78, 5) is 42.5. The van der Waals surface area contributed by atoms with Crippen LogP contribution in [-0.2, 0) is 17.5 Å². The van der Waals surface area contributed by atoms with Crippen molar-refractivity contribution in [2.45, 2.75) is 87.2 Å². The van der Waals surface area contributed by atoms with Crippen molar-refractivity contribution in [3.05, 3.63) is 58.8 Å². The molecule has 15 heteroatoms. The van der Waals surface area contributed by atoms with Gasteiger partial charge in [0.25, 0.3) is 0 Å². The smallest absolute Gasteiger partial charge is 0.416 e. The third-order valence-corrected chi connectivity index (χ3v) is 10.2. The third-order valence-electron chi connectivity index (χ3n) is 8.93. The van der Waals surface area contributed by atoms with Gasteiger partial charge in [0.2, 0.25) is 11.8 Å². The number of benzene rings is 1. The molecule has 2 fully saturated rings. The van der Waals surface area contributed by atoms with Crippen molar-refractivity contribution in [1.82, 2.24) is 24.4 Å². The first-order valence-corrected chi connectivity index (χ1v) is 16.1. The van der Waals surface area contributed by atoms with Crippen LogP contribution in [0.2, 0.25) is 0 Å². The molecule has 0 bridgehead atoms. The molecular weight excluding hydrogens is 631 g/mol. The highest BCUT2D eigenvalue weighted by atomic mass is 32.2. The van der Waals surface area contributed by atoms with Gasteiger partial charge in [-0.1, -0.05) is 6.58 Å². The van der Waals surface area contributed by atoms with Crippen molar-refractivity contribution in [2.24, 2.45) is 0 Å². The number of hydrogen-bond donors (Lipinski definition) is 0. The van der Waals surface area contributed by atoms with Gasteiger partial charge in [-0.15, -0.1) is 11.8 Å². The number of halogens is 5. The van der Waals surface area contributed by atoms with Gasteiger partial charge in [-0.25, -0.2) is 23.5 Å². The van der Waals surface area contributed by atoms with E-state index in [-0.39, 0.29) is 89.4 Å². The summed E-state index contributed by atoms with van der Waals surface area (Å²) in [5.74, 6) is -3.76. The minimum atomic E-state index is -4.81. The van der Waals surface area contributed by atoms with Crippen molar-refractivity contribution >= 4 is 34.4 Å². The van der Waals surface area contributed by atoms with Crippen molar-refractivity contribution in [2.75, 3.05) is 23.7 Å². The van der Waals surface area contributed by atoms with E-state index in [1.165, 1.54) is 23.0 Å². The van der Waals surface area contributed by atoms with E-state index in [0.717, 1.165) is 17.8 Å². The Morgan fingerprint density at radius 2 is 1.76 bits per heavy atom. The summed E-state index contributed by atoms with van der Waals surface area (Å²) in [5.41, 5.74) is -1.39. The second-order valence-electron chi connectivity index (χ2n) is 12.2. The normalized spacial score (nSPS) is 23.7. The molecule has 46 heavy (non-hydrogen) atoms. The predicted molar refractivity (Wildman–Crippen MR) is 163 cm³/mol. The van der Waals surface area contributed by atoms with Crippen LogP contribution in [0.5, 0.6) is 6.01 Å². The highest BCUT2D eigenvalue weighted by molar-refractivity contribution is 7.99. The summed E-state index contributed by atoms with van der Waals surface area (Å²) >= 11 is 1.11. The van der Waals surface area contributed by atoms with Crippen molar-refractivity contribution in [1.29, 1.82) is 0 Å². The molecule has 0 radical (unpaired) electrons. The predicted octanol–water partition coefficient (Wildman–Crippen LogP) is 5.66. The number of aromatic nitrogens is 4. The van der Waals surface area contributed by atoms with E-state index in [9.17, 15) is 31.5 Å². The molecule has 0 unspecified atom stereocenters. The Balaban J connectivity index is 1.54. The van der Waals surface area contributed by atoms with Gasteiger partial charge in [-0.2, -0.15) is 18.2 Å². The maximum absolute atomic E-state index is 15.0. The van der Waals surface area contributed by atoms with Gasteiger partial charge in [-0.3, -0.25) is 9.36 Å². The van der Waals surface area contributed by atoms with Gasteiger partial charge >= 0.3 is 17.9 Å². The van der Waals surface area contributed by atoms with Gasteiger partial charge in [0, 0.05) is 66.4 Å². The zero-order valence-corrected chi connectivity index (χ0v) is 26.1. The molecule has 3 aliphatic rings. The lowest BCUT2D eigenvalue weighted by Gasteiger charge is -2.44. The molecule has 1 aromatic carbocycles. The van der Waals surface area contributed by atoms with Crippen LogP contribution in [0.25, 0.3) is 10.9 Å². The fraction of sp³-hybridized carbons (Fsp3) is 0.516. The van der Waals surface area contributed by atoms with Crippen LogP contribution in [0.1, 0.15) is 56.6 Å². The molecule has 0 N–H and O–H groups in total. The zero-order valence-electron chi connectivity index (χ0n) is 25.3. The lowest BCUT2D eigenvalue weighted by molar-refractivity contribution is -0.138. The molecule has 6 rings (SSSR count). The summed E-state index contributed by atoms with van der Waals surface area (Å²) in [7, 11) is 0. The number of ether oxygens (including phenoxy) is 1. The Bertz CT molecular complexity index is 1700. The average Bonchev–Trinajstić information content (AvgIpc) is 3.19. The van der Waals surface area contributed by atoms with Gasteiger partial charge in [0.1, 0.15) is 11.9 Å². The second kappa shape index (κ2) is 12.1. The van der Waals surface area contributed by atoms with E-state index in [0.29, 0.717) is 0 Å². The Labute approximate surface area is 265 Å². The minimum Gasteiger partial charge on any atom is -0.457 e. The maximum Gasteiger partial charge on any atom is 0.416 e. The molecule has 9 nitrogen and oxygen atoms in total. The number of amides is 1. The number of alkyl halides is 5. The first kappa shape index (κ1) is 32.2. The van der Waals surface area contributed by atoms with Crippen molar-refractivity contribution in [3.63, 3.8) is 0 Å². The number of carbonyl (C=O) groups is 1. The van der Waals surface area contributed by atoms with Crippen LogP contribution in [0.3, 0.4) is 0 Å². The molecule has 1 saturated carbocycles. The van der Waals surface area contributed by atoms with Crippen molar-refractivity contribution < 1.29 is 31.5 Å². The highest BCUT2D eigenvalue weighted by Gasteiger charge is 2.44. The number of thioether (sulfide) groups is 1. The third kappa shape index (κ3) is 6.05. The first-order valence-electron chi connectivity index (χ1n) is 15.1. The fourth-order valence-corrected chi connectivity index (χ4v) is 8.28. The zero-order chi connectivity index (χ0) is 33.0. The average molecular weight is 665 g/mol. The highest BCUT2D eigenvalue weighted by Crippen LogP contribution is 2.51. The molecule has 3 atom stereocenters. The number of anilines is 1. The maximum atomic E-state index is 15.0. The number of nitrogens with zero attached hydrogens (tertiary/aromatic N) is 6. The van der Waals surface area contributed by atoms with Gasteiger partial charge in [-0.05, 0) is 56.4 Å². The second-order valence-corrected chi connectivity index (χ2v) is 13.2. The summed E-state index contributed by atoms with van der Waals surface area (Å²) in [6.07, 6.45) is -2.62. The Morgan fingerprint density at radius 3 is 2.37 bits per heavy atom. The molecule has 1 amide bonds. The standard InChI is InChI=1S/C31H33F5N6O3S/c1-4-23(43)42-17(2)13-40(14-18(42)3)27-21-12-22(31(34,35)36)24(19-6-8-30(32,33)9-7-19)26-25(21)41(29(44)39-27)15-20(16-46-26)45-28-37-10-5-11-38-28/h4-5,10-12,17-20H,1,6-9,13-16H2,2-3H3/t17-,18+,20-/m0/s1. The van der Waals surface area contributed by atoms with E-state index >= 15 is 0 Å². The largest absolute Gasteiger partial charge is 0.457 e. The topological polar surface area (TPSA) is 93.5 Å². The lowest BCUT2D eigenvalue weighted by atomic mass is 9.80.